The number of ether oxygens (including phenoxy) is 1. The van der Waals surface area contributed by atoms with Crippen LogP contribution in [0.1, 0.15) is 37.7 Å². The summed E-state index contributed by atoms with van der Waals surface area (Å²) in [7, 11) is 0. The molecule has 84 valence electrons. The molecule has 0 aromatic heterocycles. The highest BCUT2D eigenvalue weighted by atomic mass is 16.5. The van der Waals surface area contributed by atoms with Gasteiger partial charge in [-0.3, -0.25) is 0 Å². The van der Waals surface area contributed by atoms with Gasteiger partial charge in [-0.25, -0.2) is 0 Å². The maximum atomic E-state index is 6.00. The molecule has 0 unspecified atom stereocenters. The Kier molecular flexibility index (Phi) is 2.47. The summed E-state index contributed by atoms with van der Waals surface area (Å²) in [6.07, 6.45) is 10.5. The van der Waals surface area contributed by atoms with Gasteiger partial charge in [-0.05, 0) is 49.7 Å². The summed E-state index contributed by atoms with van der Waals surface area (Å²) < 4.78 is 6.00. The van der Waals surface area contributed by atoms with Gasteiger partial charge in [0.1, 0.15) is 5.60 Å². The average Bonchev–Trinajstić information content (AvgIpc) is 2.91. The zero-order chi connectivity index (χ0) is 10.8. The molecule has 3 rings (SSSR count). The number of benzene rings is 1. The summed E-state index contributed by atoms with van der Waals surface area (Å²) in [6.45, 7) is 0. The highest BCUT2D eigenvalue weighted by Crippen LogP contribution is 2.50. The van der Waals surface area contributed by atoms with Crippen LogP contribution < -0.4 is 0 Å². The summed E-state index contributed by atoms with van der Waals surface area (Å²) in [6, 6.07) is 10.3. The smallest absolute Gasteiger partial charge is 0.108 e. The van der Waals surface area contributed by atoms with Crippen LogP contribution in [0, 0.1) is 5.92 Å². The maximum Gasteiger partial charge on any atom is 0.108 e. The Balaban J connectivity index is 1.62. The standard InChI is InChI=1S/C15H18O/c1-2-4-13(5-3-1)8-11-16-15-9-6-14(12-15)7-10-15/h1-5,8,11,14H,6-7,9-10,12H2. The van der Waals surface area contributed by atoms with Crippen molar-refractivity contribution in [2.24, 2.45) is 5.92 Å². The molecule has 1 aromatic rings. The molecule has 0 atom stereocenters. The van der Waals surface area contributed by atoms with Gasteiger partial charge in [-0.15, -0.1) is 0 Å². The van der Waals surface area contributed by atoms with Crippen LogP contribution >= 0.6 is 0 Å². The van der Waals surface area contributed by atoms with Crippen LogP contribution in [0.3, 0.4) is 0 Å². The zero-order valence-corrected chi connectivity index (χ0v) is 9.56. The number of hydrogen-bond acceptors (Lipinski definition) is 1. The Labute approximate surface area is 97.1 Å². The van der Waals surface area contributed by atoms with E-state index in [1.165, 1.54) is 37.7 Å². The average molecular weight is 214 g/mol. The van der Waals surface area contributed by atoms with E-state index in [1.807, 2.05) is 12.3 Å². The first-order chi connectivity index (χ1) is 7.86. The topological polar surface area (TPSA) is 9.23 Å². The van der Waals surface area contributed by atoms with E-state index in [0.29, 0.717) is 0 Å². The van der Waals surface area contributed by atoms with Crippen molar-refractivity contribution in [2.45, 2.75) is 37.7 Å². The third kappa shape index (κ3) is 1.87. The van der Waals surface area contributed by atoms with Crippen LogP contribution in [0.4, 0.5) is 0 Å². The van der Waals surface area contributed by atoms with Crippen molar-refractivity contribution in [1.29, 1.82) is 0 Å². The Bertz CT molecular complexity index is 372. The van der Waals surface area contributed by atoms with Gasteiger partial charge in [0.2, 0.25) is 0 Å². The highest BCUT2D eigenvalue weighted by molar-refractivity contribution is 5.47. The Morgan fingerprint density at radius 2 is 1.88 bits per heavy atom. The Morgan fingerprint density at radius 1 is 1.12 bits per heavy atom. The fraction of sp³-hybridized carbons (Fsp3) is 0.467. The predicted molar refractivity (Wildman–Crippen MR) is 65.9 cm³/mol. The molecule has 1 nitrogen and oxygen atoms in total. The predicted octanol–water partition coefficient (Wildman–Crippen LogP) is 4.01. The second kappa shape index (κ2) is 3.97. The highest BCUT2D eigenvalue weighted by Gasteiger charge is 2.46. The number of rotatable bonds is 3. The third-order valence-electron chi connectivity index (χ3n) is 4.06. The van der Waals surface area contributed by atoms with Crippen molar-refractivity contribution < 1.29 is 4.74 Å². The molecule has 2 saturated carbocycles. The van der Waals surface area contributed by atoms with Crippen molar-refractivity contribution in [3.05, 3.63) is 42.2 Å². The molecular formula is C15H18O. The maximum absolute atomic E-state index is 6.00. The minimum Gasteiger partial charge on any atom is -0.495 e. The summed E-state index contributed by atoms with van der Waals surface area (Å²) in [5.74, 6) is 0.949. The van der Waals surface area contributed by atoms with Crippen LogP contribution in [-0.2, 0) is 4.74 Å². The fourth-order valence-corrected chi connectivity index (χ4v) is 3.13. The Hall–Kier alpha value is -1.24. The van der Waals surface area contributed by atoms with E-state index >= 15 is 0 Å². The van der Waals surface area contributed by atoms with Crippen molar-refractivity contribution in [1.82, 2.24) is 0 Å². The molecule has 2 bridgehead atoms. The lowest BCUT2D eigenvalue weighted by Gasteiger charge is -2.25. The van der Waals surface area contributed by atoms with Crippen LogP contribution in [0.5, 0.6) is 0 Å². The number of hydrogen-bond donors (Lipinski definition) is 0. The SMILES string of the molecule is C(=Cc1ccccc1)OC12CCC(CC1)C2. The van der Waals surface area contributed by atoms with Crippen LogP contribution in [-0.4, -0.2) is 5.60 Å². The summed E-state index contributed by atoms with van der Waals surface area (Å²) >= 11 is 0. The third-order valence-corrected chi connectivity index (χ3v) is 4.06. The van der Waals surface area contributed by atoms with Crippen molar-refractivity contribution in [3.63, 3.8) is 0 Å². The van der Waals surface area contributed by atoms with E-state index in [-0.39, 0.29) is 5.60 Å². The Morgan fingerprint density at radius 3 is 2.50 bits per heavy atom. The van der Waals surface area contributed by atoms with Gasteiger partial charge in [0.25, 0.3) is 0 Å². The largest absolute Gasteiger partial charge is 0.495 e. The zero-order valence-electron chi connectivity index (χ0n) is 9.56. The second-order valence-electron chi connectivity index (χ2n) is 5.16. The van der Waals surface area contributed by atoms with Gasteiger partial charge in [0.05, 0.1) is 6.26 Å². The van der Waals surface area contributed by atoms with Gasteiger partial charge in [0.15, 0.2) is 0 Å². The van der Waals surface area contributed by atoms with Gasteiger partial charge in [-0.2, -0.15) is 0 Å². The molecule has 0 spiro atoms. The minimum absolute atomic E-state index is 0.204. The van der Waals surface area contributed by atoms with Crippen molar-refractivity contribution >= 4 is 6.08 Å². The first-order valence-electron chi connectivity index (χ1n) is 6.26. The molecular weight excluding hydrogens is 196 g/mol. The monoisotopic (exact) mass is 214 g/mol. The van der Waals surface area contributed by atoms with Crippen LogP contribution in [0.2, 0.25) is 0 Å². The fourth-order valence-electron chi connectivity index (χ4n) is 3.13. The molecule has 0 amide bonds. The summed E-state index contributed by atoms with van der Waals surface area (Å²) in [4.78, 5) is 0. The van der Waals surface area contributed by atoms with Gasteiger partial charge in [-0.1, -0.05) is 30.3 Å². The molecule has 1 aromatic carbocycles. The van der Waals surface area contributed by atoms with E-state index in [9.17, 15) is 0 Å². The number of fused-ring (bicyclic) bond motifs is 2. The lowest BCUT2D eigenvalue weighted by Crippen LogP contribution is -2.23. The van der Waals surface area contributed by atoms with E-state index in [2.05, 4.69) is 30.3 Å². The molecule has 0 heterocycles. The first-order valence-corrected chi connectivity index (χ1v) is 6.26. The normalized spacial score (nSPS) is 32.4. The van der Waals surface area contributed by atoms with E-state index in [4.69, 9.17) is 4.74 Å². The van der Waals surface area contributed by atoms with Gasteiger partial charge >= 0.3 is 0 Å². The minimum atomic E-state index is 0.204. The molecule has 0 saturated heterocycles. The van der Waals surface area contributed by atoms with Crippen LogP contribution in [0.25, 0.3) is 6.08 Å². The molecule has 2 aliphatic rings. The van der Waals surface area contributed by atoms with Gasteiger partial charge < -0.3 is 4.74 Å². The van der Waals surface area contributed by atoms with E-state index < -0.39 is 0 Å². The molecule has 2 aliphatic carbocycles. The van der Waals surface area contributed by atoms with Crippen molar-refractivity contribution in [3.8, 4) is 0 Å². The summed E-state index contributed by atoms with van der Waals surface area (Å²) in [5, 5.41) is 0. The van der Waals surface area contributed by atoms with Crippen LogP contribution in [0.15, 0.2) is 36.6 Å². The van der Waals surface area contributed by atoms with E-state index in [1.54, 1.807) is 0 Å². The summed E-state index contributed by atoms with van der Waals surface area (Å²) in [5.41, 5.74) is 1.42. The first kappa shape index (κ1) is 9.95. The van der Waals surface area contributed by atoms with Crippen molar-refractivity contribution in [2.75, 3.05) is 0 Å². The quantitative estimate of drug-likeness (QED) is 0.691. The second-order valence-corrected chi connectivity index (χ2v) is 5.16. The van der Waals surface area contributed by atoms with Gasteiger partial charge in [0, 0.05) is 0 Å². The lowest BCUT2D eigenvalue weighted by molar-refractivity contribution is 0.0336. The molecule has 0 radical (unpaired) electrons. The molecule has 1 heteroatoms. The van der Waals surface area contributed by atoms with E-state index in [0.717, 1.165) is 5.92 Å². The lowest BCUT2D eigenvalue weighted by atomic mass is 9.97. The molecule has 2 fully saturated rings. The molecule has 0 aliphatic heterocycles. The molecule has 16 heavy (non-hydrogen) atoms. The molecule has 0 N–H and O–H groups in total.